The molecule has 0 bridgehead atoms. The molecule has 6 rings (SSSR count). The van der Waals surface area contributed by atoms with Gasteiger partial charge < -0.3 is 9.15 Å². The van der Waals surface area contributed by atoms with Crippen molar-refractivity contribution in [2.75, 3.05) is 0 Å². The van der Waals surface area contributed by atoms with Crippen LogP contribution in [0, 0.1) is 11.3 Å². The van der Waals surface area contributed by atoms with Crippen molar-refractivity contribution in [1.29, 1.82) is 5.26 Å². The van der Waals surface area contributed by atoms with E-state index in [0.717, 1.165) is 21.7 Å². The Bertz CT molecular complexity index is 1970. The Kier molecular flexibility index (Phi) is 7.96. The summed E-state index contributed by atoms with van der Waals surface area (Å²) in [5.41, 5.74) is 4.03. The Balaban J connectivity index is 1.43. The number of hydrogen-bond donors (Lipinski definition) is 0. The highest BCUT2D eigenvalue weighted by Gasteiger charge is 2.36. The molecule has 3 heterocycles. The summed E-state index contributed by atoms with van der Waals surface area (Å²) in [6.07, 6.45) is 4.96. The van der Waals surface area contributed by atoms with Gasteiger partial charge >= 0.3 is 0 Å². The van der Waals surface area contributed by atoms with E-state index in [0.29, 0.717) is 33.4 Å². The number of para-hydroxylation sites is 1. The van der Waals surface area contributed by atoms with E-state index in [-0.39, 0.29) is 24.3 Å². The highest BCUT2D eigenvalue weighted by Crippen LogP contribution is 2.33. The largest absolute Gasteiger partial charge is 0.489 e. The van der Waals surface area contributed by atoms with Crippen LogP contribution in [0.2, 0.25) is 5.02 Å². The number of nitriles is 1. The Morgan fingerprint density at radius 3 is 2.52 bits per heavy atom. The molecular weight excluding hydrogens is 576 g/mol. The lowest BCUT2D eigenvalue weighted by Crippen LogP contribution is -2.42. The molecule has 8 nitrogen and oxygen atoms in total. The predicted octanol–water partition coefficient (Wildman–Crippen LogP) is 7.16. The molecule has 2 amide bonds. The van der Waals surface area contributed by atoms with Crippen LogP contribution >= 0.6 is 11.6 Å². The topological polar surface area (TPSA) is 101 Å². The summed E-state index contributed by atoms with van der Waals surface area (Å²) in [7, 11) is 0. The fourth-order valence-electron chi connectivity index (χ4n) is 4.93. The second-order valence-corrected chi connectivity index (χ2v) is 10.5. The van der Waals surface area contributed by atoms with Crippen molar-refractivity contribution in [3.8, 4) is 28.8 Å². The first-order valence-corrected chi connectivity index (χ1v) is 14.1. The van der Waals surface area contributed by atoms with Crippen LogP contribution in [0.15, 0.2) is 125 Å². The molecule has 44 heavy (non-hydrogen) atoms. The number of rotatable bonds is 8. The zero-order chi connectivity index (χ0) is 30.6. The summed E-state index contributed by atoms with van der Waals surface area (Å²) < 4.78 is 13.2. The molecule has 0 saturated carbocycles. The molecule has 216 valence electrons. The second-order valence-electron chi connectivity index (χ2n) is 10.1. The summed E-state index contributed by atoms with van der Waals surface area (Å²) >= 11 is 6.31. The van der Waals surface area contributed by atoms with Gasteiger partial charge in [0.25, 0.3) is 11.8 Å². The van der Waals surface area contributed by atoms with E-state index in [4.69, 9.17) is 25.9 Å². The number of carbonyl (C=O) groups excluding carboxylic acids is 2. The van der Waals surface area contributed by atoms with E-state index >= 15 is 0 Å². The number of amides is 2. The maximum atomic E-state index is 13.8. The number of hydrogen-bond acceptors (Lipinski definition) is 6. The minimum absolute atomic E-state index is 0.0958. The zero-order valence-electron chi connectivity index (χ0n) is 23.6. The fourth-order valence-corrected chi connectivity index (χ4v) is 5.12. The smallest absolute Gasteiger partial charge is 0.272 e. The second kappa shape index (κ2) is 12.3. The van der Waals surface area contributed by atoms with Crippen molar-refractivity contribution in [2.45, 2.75) is 20.1 Å². The van der Waals surface area contributed by atoms with Crippen LogP contribution in [-0.4, -0.2) is 26.5 Å². The average molecular weight is 601 g/mol. The first kappa shape index (κ1) is 28.5. The van der Waals surface area contributed by atoms with Gasteiger partial charge in [0.2, 0.25) is 0 Å². The van der Waals surface area contributed by atoms with Gasteiger partial charge in [0, 0.05) is 33.5 Å². The monoisotopic (exact) mass is 600 g/mol. The first-order valence-electron chi connectivity index (χ1n) is 13.8. The molecule has 0 radical (unpaired) electrons. The van der Waals surface area contributed by atoms with E-state index in [1.165, 1.54) is 6.26 Å². The maximum Gasteiger partial charge on any atom is 0.272 e. The molecule has 0 atom stereocenters. The van der Waals surface area contributed by atoms with Gasteiger partial charge in [-0.15, -0.1) is 0 Å². The fraction of sp³-hybridized carbons (Fsp3) is 0.0857. The van der Waals surface area contributed by atoms with Crippen molar-refractivity contribution < 1.29 is 18.7 Å². The number of aromatic nitrogens is 2. The molecule has 3 aromatic carbocycles. The third-order valence-electron chi connectivity index (χ3n) is 7.24. The Labute approximate surface area is 258 Å². The number of benzene rings is 3. The number of halogens is 1. The molecule has 9 heteroatoms. The highest BCUT2D eigenvalue weighted by molar-refractivity contribution is 6.31. The van der Waals surface area contributed by atoms with Crippen LogP contribution in [0.1, 0.15) is 23.8 Å². The molecule has 5 aromatic rings. The van der Waals surface area contributed by atoms with Crippen molar-refractivity contribution >= 4 is 29.5 Å². The van der Waals surface area contributed by atoms with Crippen LogP contribution in [0.25, 0.3) is 23.0 Å². The van der Waals surface area contributed by atoms with Gasteiger partial charge in [0.1, 0.15) is 35.5 Å². The summed E-state index contributed by atoms with van der Waals surface area (Å²) in [5, 5.41) is 15.4. The lowest BCUT2D eigenvalue weighted by Gasteiger charge is -2.26. The van der Waals surface area contributed by atoms with Crippen LogP contribution in [0.4, 0.5) is 0 Å². The molecule has 0 aliphatic carbocycles. The first-order chi connectivity index (χ1) is 21.4. The highest BCUT2D eigenvalue weighted by atomic mass is 35.5. The standard InChI is InChI=1S/C35H25ClN4O4/c1-23-30(34(41)39(35(42)31(23)19-37)21-29-14-8-16-43-29)18-26-20-40(27-11-3-2-4-12-27)38-33(26)24-10-7-13-28(17-24)44-22-25-9-5-6-15-32(25)36/h2-18,20H,21-22H2,1H3/b30-18+. The quantitative estimate of drug-likeness (QED) is 0.138. The third-order valence-corrected chi connectivity index (χ3v) is 7.61. The van der Waals surface area contributed by atoms with E-state index in [1.54, 1.807) is 29.8 Å². The number of carbonyl (C=O) groups is 2. The maximum absolute atomic E-state index is 13.8. The molecule has 1 aliphatic rings. The van der Waals surface area contributed by atoms with Crippen molar-refractivity contribution in [1.82, 2.24) is 14.7 Å². The lowest BCUT2D eigenvalue weighted by molar-refractivity contribution is -0.141. The Hall–Kier alpha value is -5.65. The lowest BCUT2D eigenvalue weighted by atomic mass is 9.93. The van der Waals surface area contributed by atoms with Crippen LogP contribution in [0.3, 0.4) is 0 Å². The van der Waals surface area contributed by atoms with Gasteiger partial charge in [0.05, 0.1) is 18.5 Å². The van der Waals surface area contributed by atoms with Gasteiger partial charge in [-0.2, -0.15) is 10.4 Å². The molecular formula is C35H25ClN4O4. The molecule has 2 aromatic heterocycles. The van der Waals surface area contributed by atoms with E-state index < -0.39 is 11.8 Å². The van der Waals surface area contributed by atoms with Gasteiger partial charge in [-0.1, -0.05) is 60.1 Å². The van der Waals surface area contributed by atoms with Crippen molar-refractivity contribution in [3.05, 3.63) is 142 Å². The summed E-state index contributed by atoms with van der Waals surface area (Å²) in [5.74, 6) is -0.151. The SMILES string of the molecule is CC1=C(C#N)C(=O)N(Cc2ccco2)C(=O)/C1=C/c1cn(-c2ccccc2)nc1-c1cccc(OCc2ccccc2Cl)c1. The number of furan rings is 1. The van der Waals surface area contributed by atoms with E-state index in [1.807, 2.05) is 91.1 Å². The van der Waals surface area contributed by atoms with Gasteiger partial charge in [0.15, 0.2) is 0 Å². The predicted molar refractivity (Wildman–Crippen MR) is 165 cm³/mol. The minimum Gasteiger partial charge on any atom is -0.489 e. The summed E-state index contributed by atoms with van der Waals surface area (Å²) in [6, 6.07) is 29.9. The average Bonchev–Trinajstić information content (AvgIpc) is 3.72. The Morgan fingerprint density at radius 1 is 0.977 bits per heavy atom. The summed E-state index contributed by atoms with van der Waals surface area (Å²) in [4.78, 5) is 27.9. The van der Waals surface area contributed by atoms with E-state index in [9.17, 15) is 14.9 Å². The van der Waals surface area contributed by atoms with Crippen LogP contribution in [0.5, 0.6) is 5.75 Å². The number of nitrogens with zero attached hydrogens (tertiary/aromatic N) is 4. The van der Waals surface area contributed by atoms with Gasteiger partial charge in [-0.25, -0.2) is 4.68 Å². The minimum atomic E-state index is -0.660. The molecule has 0 N–H and O–H groups in total. The molecule has 0 fully saturated rings. The van der Waals surface area contributed by atoms with Crippen LogP contribution in [-0.2, 0) is 22.7 Å². The van der Waals surface area contributed by atoms with Gasteiger partial charge in [-0.05, 0) is 61.0 Å². The molecule has 1 aliphatic heterocycles. The van der Waals surface area contributed by atoms with Crippen molar-refractivity contribution in [2.24, 2.45) is 0 Å². The molecule has 0 saturated heterocycles. The molecule has 0 unspecified atom stereocenters. The Morgan fingerprint density at radius 2 is 1.77 bits per heavy atom. The van der Waals surface area contributed by atoms with E-state index in [2.05, 4.69) is 0 Å². The third kappa shape index (κ3) is 5.69. The number of imide groups is 1. The van der Waals surface area contributed by atoms with Gasteiger partial charge in [-0.3, -0.25) is 14.5 Å². The van der Waals surface area contributed by atoms with Crippen LogP contribution < -0.4 is 4.74 Å². The normalized spacial score (nSPS) is 14.3. The number of ether oxygens (including phenoxy) is 1. The molecule has 0 spiro atoms. The summed E-state index contributed by atoms with van der Waals surface area (Å²) in [6.45, 7) is 1.80. The van der Waals surface area contributed by atoms with Crippen molar-refractivity contribution in [3.63, 3.8) is 0 Å². The zero-order valence-corrected chi connectivity index (χ0v) is 24.4.